The average molecular weight is 344 g/mol. The third-order valence-electron chi connectivity index (χ3n) is 5.03. The van der Waals surface area contributed by atoms with Crippen molar-refractivity contribution < 1.29 is 19.0 Å². The van der Waals surface area contributed by atoms with Crippen molar-refractivity contribution in [2.45, 2.75) is 32.1 Å². The Morgan fingerprint density at radius 2 is 2.04 bits per heavy atom. The number of hydrogen-bond donors (Lipinski definition) is 0. The van der Waals surface area contributed by atoms with Crippen LogP contribution < -0.4 is 0 Å². The van der Waals surface area contributed by atoms with Crippen molar-refractivity contribution in [2.24, 2.45) is 5.41 Å². The quantitative estimate of drug-likeness (QED) is 0.762. The van der Waals surface area contributed by atoms with Gasteiger partial charge in [0.1, 0.15) is 5.41 Å². The third kappa shape index (κ3) is 3.28. The maximum absolute atomic E-state index is 12.9. The summed E-state index contributed by atoms with van der Waals surface area (Å²) in [6, 6.07) is 12.3. The largest absolute Gasteiger partial charge is 0.465 e. The van der Waals surface area contributed by atoms with Crippen LogP contribution in [0.1, 0.15) is 25.3 Å². The molecule has 0 unspecified atom stereocenters. The maximum Gasteiger partial charge on any atom is 0.319 e. The lowest BCUT2D eigenvalue weighted by molar-refractivity contribution is -0.266. The van der Waals surface area contributed by atoms with Gasteiger partial charge in [-0.1, -0.05) is 30.3 Å². The van der Waals surface area contributed by atoms with Gasteiger partial charge in [0, 0.05) is 26.1 Å². The molecule has 2 aliphatic heterocycles. The number of likely N-dealkylation sites (tertiary alicyclic amines) is 1. The average Bonchev–Trinajstić information content (AvgIpc) is 3.09. The van der Waals surface area contributed by atoms with Crippen molar-refractivity contribution >= 4 is 5.97 Å². The predicted octanol–water partition coefficient (Wildman–Crippen LogP) is 2.10. The first-order chi connectivity index (χ1) is 12.2. The summed E-state index contributed by atoms with van der Waals surface area (Å²) in [6.07, 6.45) is 0.553. The van der Waals surface area contributed by atoms with Crippen LogP contribution in [0.5, 0.6) is 0 Å². The molecule has 0 radical (unpaired) electrons. The zero-order valence-corrected chi connectivity index (χ0v) is 14.6. The van der Waals surface area contributed by atoms with E-state index in [-0.39, 0.29) is 13.0 Å². The minimum absolute atomic E-state index is 0.0110. The monoisotopic (exact) mass is 344 g/mol. The molecule has 2 saturated heterocycles. The molecule has 2 fully saturated rings. The Morgan fingerprint density at radius 3 is 2.68 bits per heavy atom. The van der Waals surface area contributed by atoms with Gasteiger partial charge in [-0.15, -0.1) is 0 Å². The fourth-order valence-electron chi connectivity index (χ4n) is 3.86. The van der Waals surface area contributed by atoms with Crippen molar-refractivity contribution in [1.29, 1.82) is 5.26 Å². The summed E-state index contributed by atoms with van der Waals surface area (Å²) >= 11 is 0. The Kier molecular flexibility index (Phi) is 5.38. The second-order valence-corrected chi connectivity index (χ2v) is 6.53. The summed E-state index contributed by atoms with van der Waals surface area (Å²) in [7, 11) is 0. The highest BCUT2D eigenvalue weighted by Gasteiger charge is 2.64. The first-order valence-electron chi connectivity index (χ1n) is 8.74. The Hall–Kier alpha value is -1.94. The van der Waals surface area contributed by atoms with Gasteiger partial charge < -0.3 is 14.2 Å². The number of piperidine rings is 1. The van der Waals surface area contributed by atoms with Gasteiger partial charge in [0.05, 0.1) is 32.3 Å². The third-order valence-corrected chi connectivity index (χ3v) is 5.03. The number of ether oxygens (including phenoxy) is 3. The molecule has 0 bridgehead atoms. The fourth-order valence-corrected chi connectivity index (χ4v) is 3.86. The van der Waals surface area contributed by atoms with Gasteiger partial charge in [0.15, 0.2) is 5.79 Å². The van der Waals surface area contributed by atoms with Crippen LogP contribution in [0.3, 0.4) is 0 Å². The van der Waals surface area contributed by atoms with Crippen molar-refractivity contribution in [3.05, 3.63) is 35.9 Å². The first kappa shape index (κ1) is 17.9. The molecule has 0 N–H and O–H groups in total. The Labute approximate surface area is 148 Å². The molecule has 0 aromatic heterocycles. The summed E-state index contributed by atoms with van der Waals surface area (Å²) in [5.41, 5.74) is 0.0443. The van der Waals surface area contributed by atoms with E-state index in [0.717, 1.165) is 6.54 Å². The molecular weight excluding hydrogens is 320 g/mol. The van der Waals surface area contributed by atoms with Crippen LogP contribution in [0.15, 0.2) is 30.3 Å². The van der Waals surface area contributed by atoms with Crippen LogP contribution in [0.2, 0.25) is 0 Å². The van der Waals surface area contributed by atoms with Crippen LogP contribution in [-0.2, 0) is 25.5 Å². The van der Waals surface area contributed by atoms with Crippen LogP contribution in [0, 0.1) is 16.7 Å². The summed E-state index contributed by atoms with van der Waals surface area (Å²) in [6.45, 7) is 4.74. The van der Waals surface area contributed by atoms with E-state index in [9.17, 15) is 10.1 Å². The fraction of sp³-hybridized carbons (Fsp3) is 0.579. The van der Waals surface area contributed by atoms with E-state index in [1.165, 1.54) is 5.56 Å². The van der Waals surface area contributed by atoms with E-state index in [4.69, 9.17) is 14.2 Å². The maximum atomic E-state index is 12.9. The van der Waals surface area contributed by atoms with E-state index in [0.29, 0.717) is 32.7 Å². The van der Waals surface area contributed by atoms with Crippen LogP contribution in [-0.4, -0.2) is 49.6 Å². The molecule has 1 atom stereocenters. The lowest BCUT2D eigenvalue weighted by Crippen LogP contribution is -2.64. The Balaban J connectivity index is 1.89. The normalized spacial score (nSPS) is 25.6. The number of hydrogen-bond acceptors (Lipinski definition) is 6. The lowest BCUT2D eigenvalue weighted by Gasteiger charge is -2.50. The zero-order chi connectivity index (χ0) is 17.8. The summed E-state index contributed by atoms with van der Waals surface area (Å²) in [4.78, 5) is 15.1. The van der Waals surface area contributed by atoms with E-state index >= 15 is 0 Å². The van der Waals surface area contributed by atoms with Gasteiger partial charge in [-0.3, -0.25) is 9.69 Å². The molecule has 134 valence electrons. The highest BCUT2D eigenvalue weighted by atomic mass is 16.7. The van der Waals surface area contributed by atoms with Crippen molar-refractivity contribution in [3.63, 3.8) is 0 Å². The van der Waals surface area contributed by atoms with Gasteiger partial charge in [0.2, 0.25) is 0 Å². The number of nitrogens with zero attached hydrogens (tertiary/aromatic N) is 2. The van der Waals surface area contributed by atoms with Gasteiger partial charge in [-0.05, 0) is 12.5 Å². The highest BCUT2D eigenvalue weighted by Crippen LogP contribution is 2.48. The molecule has 25 heavy (non-hydrogen) atoms. The number of esters is 1. The number of nitriles is 1. The second-order valence-electron chi connectivity index (χ2n) is 6.53. The number of carbonyl (C=O) groups excluding carboxylic acids is 1. The number of benzene rings is 1. The topological polar surface area (TPSA) is 71.8 Å². The molecule has 0 aliphatic carbocycles. The SMILES string of the molecule is CCOC(=O)[C@]1(CC#N)CN(Cc2ccccc2)CCC12OCCO2. The summed E-state index contributed by atoms with van der Waals surface area (Å²) in [5, 5.41) is 9.43. The minimum Gasteiger partial charge on any atom is -0.465 e. The molecule has 2 heterocycles. The van der Waals surface area contributed by atoms with E-state index in [2.05, 4.69) is 23.1 Å². The summed E-state index contributed by atoms with van der Waals surface area (Å²) in [5.74, 6) is -1.46. The van der Waals surface area contributed by atoms with Crippen molar-refractivity contribution in [1.82, 2.24) is 4.90 Å². The van der Waals surface area contributed by atoms with Crippen LogP contribution in [0.4, 0.5) is 0 Å². The Bertz CT molecular complexity index is 637. The van der Waals surface area contributed by atoms with Gasteiger partial charge in [-0.25, -0.2) is 0 Å². The van der Waals surface area contributed by atoms with E-state index in [1.807, 2.05) is 18.2 Å². The summed E-state index contributed by atoms with van der Waals surface area (Å²) < 4.78 is 17.2. The minimum atomic E-state index is -1.12. The Morgan fingerprint density at radius 1 is 1.32 bits per heavy atom. The van der Waals surface area contributed by atoms with Crippen molar-refractivity contribution in [2.75, 3.05) is 32.9 Å². The van der Waals surface area contributed by atoms with Crippen LogP contribution in [0.25, 0.3) is 0 Å². The number of rotatable bonds is 5. The lowest BCUT2D eigenvalue weighted by atomic mass is 9.71. The van der Waals surface area contributed by atoms with Gasteiger partial charge in [-0.2, -0.15) is 5.26 Å². The second kappa shape index (κ2) is 7.52. The molecule has 6 heteroatoms. The van der Waals surface area contributed by atoms with Crippen molar-refractivity contribution in [3.8, 4) is 6.07 Å². The standard InChI is InChI=1S/C19H24N2O4/c1-2-23-17(22)18(8-10-20)15-21(14-16-6-4-3-5-7-16)11-9-19(18)24-12-13-25-19/h3-7H,2,8-9,11-15H2,1H3/t18-/m0/s1. The molecule has 3 rings (SSSR count). The van der Waals surface area contributed by atoms with Crippen LogP contribution >= 0.6 is 0 Å². The molecule has 6 nitrogen and oxygen atoms in total. The highest BCUT2D eigenvalue weighted by molar-refractivity contribution is 5.79. The smallest absolute Gasteiger partial charge is 0.319 e. The van der Waals surface area contributed by atoms with Gasteiger partial charge in [0.25, 0.3) is 0 Å². The van der Waals surface area contributed by atoms with E-state index in [1.54, 1.807) is 6.92 Å². The molecule has 1 aromatic rings. The first-order valence-corrected chi connectivity index (χ1v) is 8.74. The van der Waals surface area contributed by atoms with E-state index < -0.39 is 17.2 Å². The molecule has 0 amide bonds. The molecular formula is C19H24N2O4. The number of carbonyl (C=O) groups is 1. The molecule has 2 aliphatic rings. The zero-order valence-electron chi connectivity index (χ0n) is 14.6. The molecule has 1 spiro atoms. The predicted molar refractivity (Wildman–Crippen MR) is 90.3 cm³/mol. The molecule has 1 aromatic carbocycles. The van der Waals surface area contributed by atoms with Gasteiger partial charge >= 0.3 is 5.97 Å². The molecule has 0 saturated carbocycles.